The third-order valence-corrected chi connectivity index (χ3v) is 7.56. The maximum absolute atomic E-state index is 12.8. The summed E-state index contributed by atoms with van der Waals surface area (Å²) in [6, 6.07) is 2.43. The Kier molecular flexibility index (Phi) is 4.18. The zero-order valence-electron chi connectivity index (χ0n) is 17.2. The first-order chi connectivity index (χ1) is 13.4. The predicted molar refractivity (Wildman–Crippen MR) is 106 cm³/mol. The van der Waals surface area contributed by atoms with E-state index in [-0.39, 0.29) is 39.9 Å². The van der Waals surface area contributed by atoms with Gasteiger partial charge in [0.15, 0.2) is 0 Å². The van der Waals surface area contributed by atoms with E-state index in [0.29, 0.717) is 18.3 Å². The van der Waals surface area contributed by atoms with Gasteiger partial charge in [-0.15, -0.1) is 0 Å². The molecule has 2 saturated carbocycles. The summed E-state index contributed by atoms with van der Waals surface area (Å²) in [6.45, 7) is 7.97. The highest BCUT2D eigenvalue weighted by Crippen LogP contribution is 2.68. The van der Waals surface area contributed by atoms with Gasteiger partial charge in [-0.1, -0.05) is 26.8 Å². The summed E-state index contributed by atoms with van der Waals surface area (Å²) >= 11 is 0. The number of benzene rings is 1. The van der Waals surface area contributed by atoms with Gasteiger partial charge in [0.05, 0.1) is 0 Å². The van der Waals surface area contributed by atoms with E-state index in [2.05, 4.69) is 13.8 Å². The van der Waals surface area contributed by atoms with Crippen LogP contribution in [0, 0.1) is 29.6 Å². The summed E-state index contributed by atoms with van der Waals surface area (Å²) in [4.78, 5) is 24.6. The van der Waals surface area contributed by atoms with Gasteiger partial charge < -0.3 is 20.1 Å². The number of aromatic hydroxyl groups is 2. The van der Waals surface area contributed by atoms with E-state index in [1.54, 1.807) is 6.92 Å². The molecule has 0 unspecified atom stereocenters. The molecule has 0 radical (unpaired) electrons. The van der Waals surface area contributed by atoms with E-state index >= 15 is 0 Å². The normalized spacial score (nSPS) is 37.0. The van der Waals surface area contributed by atoms with E-state index in [1.165, 1.54) is 6.07 Å². The van der Waals surface area contributed by atoms with Crippen molar-refractivity contribution in [2.24, 2.45) is 22.7 Å². The molecule has 3 aliphatic rings. The average Bonchev–Trinajstić information content (AvgIpc) is 2.91. The fourth-order valence-corrected chi connectivity index (χ4v) is 6.18. The lowest BCUT2D eigenvalue weighted by Gasteiger charge is -2.64. The molecule has 2 fully saturated rings. The van der Waals surface area contributed by atoms with Gasteiger partial charge in [-0.25, -0.2) is 4.79 Å². The van der Waals surface area contributed by atoms with Crippen LogP contribution in [0.4, 0.5) is 0 Å². The van der Waals surface area contributed by atoms with Crippen molar-refractivity contribution in [3.63, 3.8) is 0 Å². The summed E-state index contributed by atoms with van der Waals surface area (Å²) in [7, 11) is 0. The van der Waals surface area contributed by atoms with Crippen LogP contribution in [0.15, 0.2) is 23.8 Å². The summed E-state index contributed by atoms with van der Waals surface area (Å²) < 4.78 is 5.61. The van der Waals surface area contributed by atoms with Crippen molar-refractivity contribution in [2.75, 3.05) is 0 Å². The van der Waals surface area contributed by atoms with Crippen LogP contribution < -0.4 is 0 Å². The number of hydrogen-bond acceptors (Lipinski definition) is 6. The smallest absolute Gasteiger partial charge is 0.342 e. The first-order valence-corrected chi connectivity index (χ1v) is 10.1. The lowest BCUT2D eigenvalue weighted by molar-refractivity contribution is -0.246. The van der Waals surface area contributed by atoms with Crippen LogP contribution in [0.25, 0.3) is 0 Å². The highest BCUT2D eigenvalue weighted by molar-refractivity contribution is 5.94. The topological polar surface area (TPSA) is 104 Å². The molecule has 0 aliphatic heterocycles. The Hall–Kier alpha value is -2.34. The van der Waals surface area contributed by atoms with E-state index in [4.69, 9.17) is 4.74 Å². The van der Waals surface area contributed by atoms with Crippen molar-refractivity contribution in [3.05, 3.63) is 34.9 Å². The lowest BCUT2D eigenvalue weighted by atomic mass is 9.44. The molecule has 0 aromatic heterocycles. The number of phenols is 2. The van der Waals surface area contributed by atoms with Crippen molar-refractivity contribution in [2.45, 2.75) is 58.7 Å². The van der Waals surface area contributed by atoms with E-state index < -0.39 is 23.1 Å². The monoisotopic (exact) mass is 400 g/mol. The molecule has 0 heterocycles. The van der Waals surface area contributed by atoms with Crippen LogP contribution in [-0.2, 0) is 9.53 Å². The van der Waals surface area contributed by atoms with Crippen molar-refractivity contribution >= 4 is 12.3 Å². The number of aldehydes is 1. The Labute approximate surface area is 170 Å². The summed E-state index contributed by atoms with van der Waals surface area (Å²) in [5, 5.41) is 31.3. The van der Waals surface area contributed by atoms with Crippen LogP contribution in [-0.4, -0.2) is 39.3 Å². The van der Waals surface area contributed by atoms with E-state index in [0.717, 1.165) is 18.9 Å². The molecule has 0 saturated heterocycles. The van der Waals surface area contributed by atoms with Gasteiger partial charge in [-0.3, -0.25) is 4.79 Å². The molecule has 0 bridgehead atoms. The second-order valence-corrected chi connectivity index (χ2v) is 10.0. The van der Waals surface area contributed by atoms with Crippen LogP contribution in [0.2, 0.25) is 0 Å². The van der Waals surface area contributed by atoms with Gasteiger partial charge in [0, 0.05) is 17.1 Å². The number of fused-ring (bicyclic) bond motifs is 3. The van der Waals surface area contributed by atoms with Gasteiger partial charge in [0.25, 0.3) is 0 Å². The van der Waals surface area contributed by atoms with Gasteiger partial charge in [0.2, 0.25) is 0 Å². The molecular formula is C23H28O6. The fraction of sp³-hybridized carbons (Fsp3) is 0.565. The van der Waals surface area contributed by atoms with Gasteiger partial charge in [-0.2, -0.15) is 0 Å². The third kappa shape index (κ3) is 2.65. The zero-order valence-corrected chi connectivity index (χ0v) is 17.2. The van der Waals surface area contributed by atoms with Gasteiger partial charge in [0.1, 0.15) is 35.1 Å². The maximum atomic E-state index is 12.8. The molecule has 1 aromatic carbocycles. The highest BCUT2D eigenvalue weighted by Gasteiger charge is 2.72. The van der Waals surface area contributed by atoms with E-state index in [9.17, 15) is 24.9 Å². The Morgan fingerprint density at radius 1 is 1.17 bits per heavy atom. The molecule has 3 aliphatic carbocycles. The minimum Gasteiger partial charge on any atom is -0.508 e. The molecule has 3 N–H and O–H groups in total. The molecule has 0 amide bonds. The average molecular weight is 400 g/mol. The van der Waals surface area contributed by atoms with Crippen molar-refractivity contribution < 1.29 is 29.6 Å². The van der Waals surface area contributed by atoms with Crippen LogP contribution in [0.5, 0.6) is 11.5 Å². The summed E-state index contributed by atoms with van der Waals surface area (Å²) in [5.41, 5.74) is -1.35. The Morgan fingerprint density at radius 3 is 2.48 bits per heavy atom. The molecule has 6 heteroatoms. The van der Waals surface area contributed by atoms with Crippen molar-refractivity contribution in [1.29, 1.82) is 0 Å². The number of carbonyl (C=O) groups is 2. The lowest BCUT2D eigenvalue weighted by Crippen LogP contribution is -2.72. The Balaban J connectivity index is 1.65. The van der Waals surface area contributed by atoms with Gasteiger partial charge >= 0.3 is 5.97 Å². The largest absolute Gasteiger partial charge is 0.508 e. The van der Waals surface area contributed by atoms with Crippen molar-refractivity contribution in [1.82, 2.24) is 0 Å². The number of rotatable bonds is 3. The summed E-state index contributed by atoms with van der Waals surface area (Å²) in [6.07, 6.45) is 4.05. The number of ether oxygens (including phenoxy) is 1. The number of carbonyl (C=O) groups excluding carboxylic acids is 2. The number of aryl methyl sites for hydroxylation is 1. The minimum absolute atomic E-state index is 0.0488. The van der Waals surface area contributed by atoms with E-state index in [1.807, 2.05) is 13.0 Å². The first kappa shape index (κ1) is 20.0. The van der Waals surface area contributed by atoms with Crippen molar-refractivity contribution in [3.8, 4) is 11.5 Å². The molecule has 0 spiro atoms. The summed E-state index contributed by atoms with van der Waals surface area (Å²) in [5.74, 6) is -0.867. The number of phenolic OH excluding ortho intramolecular Hbond substituents is 2. The second-order valence-electron chi connectivity index (χ2n) is 10.0. The molecular weight excluding hydrogens is 372 g/mol. The van der Waals surface area contributed by atoms with Crippen LogP contribution in [0.1, 0.15) is 56.0 Å². The third-order valence-electron chi connectivity index (χ3n) is 7.56. The molecule has 1 aromatic rings. The predicted octanol–water partition coefficient (Wildman–Crippen LogP) is 3.26. The number of aliphatic hydroxyl groups is 1. The second kappa shape index (κ2) is 6.08. The number of allylic oxidation sites excluding steroid dienone is 1. The first-order valence-electron chi connectivity index (χ1n) is 10.1. The molecule has 5 atom stereocenters. The fourth-order valence-electron chi connectivity index (χ4n) is 6.18. The zero-order chi connectivity index (χ0) is 21.4. The standard InChI is InChI=1S/C23H28O6/c1-12-5-15(25)7-17(26)19(12)20(27)29-18-10-22(4)16-9-21(2,3)8-13(16)6-14(11-24)23(18,22)28/h5-7,11,13,16,18,25-26,28H,8-10H2,1-4H3/t13-,16-,18+,22+,23-/m0/s1. The van der Waals surface area contributed by atoms with Gasteiger partial charge in [-0.05, 0) is 55.1 Å². The SMILES string of the molecule is Cc1cc(O)cc(O)c1C(=O)O[C@@H]1C[C@]2(C)[C@H]3CC(C)(C)C[C@@H]3C=C(C=O)[C@]12O. The van der Waals surface area contributed by atoms with Crippen LogP contribution >= 0.6 is 0 Å². The number of esters is 1. The quantitative estimate of drug-likeness (QED) is 0.531. The molecule has 29 heavy (non-hydrogen) atoms. The highest BCUT2D eigenvalue weighted by atomic mass is 16.6. The Morgan fingerprint density at radius 2 is 1.86 bits per heavy atom. The Bertz CT molecular complexity index is 908. The van der Waals surface area contributed by atoms with Crippen LogP contribution in [0.3, 0.4) is 0 Å². The molecule has 6 nitrogen and oxygen atoms in total. The molecule has 4 rings (SSSR count). The minimum atomic E-state index is -1.54. The number of hydrogen-bond donors (Lipinski definition) is 3. The maximum Gasteiger partial charge on any atom is 0.342 e. The molecule has 156 valence electrons.